The molecule has 0 unspecified atom stereocenters. The molecular weight excluding hydrogens is 244 g/mol. The Morgan fingerprint density at radius 2 is 1.84 bits per heavy atom. The second-order valence-corrected chi connectivity index (χ2v) is 5.03. The van der Waals surface area contributed by atoms with Gasteiger partial charge in [0.1, 0.15) is 17.1 Å². The maximum Gasteiger partial charge on any atom is 0.211 e. The van der Waals surface area contributed by atoms with E-state index in [1.54, 1.807) is 25.1 Å². The van der Waals surface area contributed by atoms with Crippen LogP contribution in [0.4, 0.5) is 0 Å². The van der Waals surface area contributed by atoms with Crippen LogP contribution < -0.4 is 14.6 Å². The van der Waals surface area contributed by atoms with E-state index >= 15 is 0 Å². The first-order valence-corrected chi connectivity index (χ1v) is 6.07. The van der Waals surface area contributed by atoms with Crippen molar-refractivity contribution < 1.29 is 19.3 Å². The van der Waals surface area contributed by atoms with Gasteiger partial charge in [0.25, 0.3) is 0 Å². The molecule has 0 spiro atoms. The number of ether oxygens (including phenoxy) is 2. The highest BCUT2D eigenvalue weighted by Gasteiger charge is 2.37. The molecule has 2 rings (SSSR count). The minimum absolute atomic E-state index is 0.116. The molecule has 0 saturated heterocycles. The fraction of sp³-hybridized carbons (Fsp3) is 0.429. The van der Waals surface area contributed by atoms with Crippen molar-refractivity contribution in [1.29, 1.82) is 0 Å². The van der Waals surface area contributed by atoms with Gasteiger partial charge in [-0.25, -0.2) is 0 Å². The summed E-state index contributed by atoms with van der Waals surface area (Å²) in [6.07, 6.45) is 2.20. The van der Waals surface area contributed by atoms with E-state index in [0.29, 0.717) is 17.9 Å². The van der Waals surface area contributed by atoms with E-state index in [-0.39, 0.29) is 11.4 Å². The average Bonchev–Trinajstić information content (AvgIpc) is 2.62. The van der Waals surface area contributed by atoms with E-state index in [0.717, 1.165) is 5.56 Å². The summed E-state index contributed by atoms with van der Waals surface area (Å²) in [6.45, 7) is 3.94. The molecule has 19 heavy (non-hydrogen) atoms. The van der Waals surface area contributed by atoms with Crippen molar-refractivity contribution in [2.75, 3.05) is 14.2 Å². The normalized spacial score (nSPS) is 19.4. The molecule has 0 amide bonds. The Kier molecular flexibility index (Phi) is 3.46. The van der Waals surface area contributed by atoms with Crippen molar-refractivity contribution in [3.05, 3.63) is 23.8 Å². The SMILES string of the molecule is COc1cccc(OC)c1/C=[N+]1\N=C([O-])CC1(C)C. The first-order valence-electron chi connectivity index (χ1n) is 6.07. The topological polar surface area (TPSA) is 56.9 Å². The summed E-state index contributed by atoms with van der Waals surface area (Å²) < 4.78 is 12.3. The van der Waals surface area contributed by atoms with Crippen LogP contribution >= 0.6 is 0 Å². The lowest BCUT2D eigenvalue weighted by Crippen LogP contribution is -2.31. The van der Waals surface area contributed by atoms with Gasteiger partial charge in [-0.1, -0.05) is 10.8 Å². The maximum absolute atomic E-state index is 11.5. The standard InChI is InChI=1S/C14H18N2O3/c1-14(2)8-13(17)15-16(14)9-10-11(18-3)6-5-7-12(10)19-4/h5-7,9H,8H2,1-4H3/b16-9-. The zero-order valence-electron chi connectivity index (χ0n) is 11.6. The summed E-state index contributed by atoms with van der Waals surface area (Å²) in [4.78, 5) is 0. The molecule has 0 saturated carbocycles. The molecule has 5 heteroatoms. The molecule has 1 aliphatic heterocycles. The Hall–Kier alpha value is -2.04. The summed E-state index contributed by atoms with van der Waals surface area (Å²) in [6, 6.07) is 5.55. The number of methoxy groups -OCH3 is 2. The van der Waals surface area contributed by atoms with Crippen molar-refractivity contribution in [3.8, 4) is 11.5 Å². The molecular formula is C14H18N2O3. The Morgan fingerprint density at radius 3 is 2.26 bits per heavy atom. The van der Waals surface area contributed by atoms with Gasteiger partial charge in [0.2, 0.25) is 6.21 Å². The Bertz CT molecular complexity index is 525. The number of nitrogens with zero attached hydrogens (tertiary/aromatic N) is 2. The van der Waals surface area contributed by atoms with Gasteiger partial charge in [-0.15, -0.1) is 0 Å². The first-order chi connectivity index (χ1) is 8.97. The Balaban J connectivity index is 2.54. The third-order valence-electron chi connectivity index (χ3n) is 3.14. The molecule has 0 aromatic heterocycles. The lowest BCUT2D eigenvalue weighted by atomic mass is 10.0. The third kappa shape index (κ3) is 2.54. The lowest BCUT2D eigenvalue weighted by molar-refractivity contribution is -0.591. The van der Waals surface area contributed by atoms with Crippen LogP contribution in [-0.4, -0.2) is 36.6 Å². The molecule has 1 aromatic carbocycles. The zero-order valence-corrected chi connectivity index (χ0v) is 11.6. The highest BCUT2D eigenvalue weighted by Crippen LogP contribution is 2.28. The minimum atomic E-state index is -0.330. The predicted octanol–water partition coefficient (Wildman–Crippen LogP) is 0.991. The van der Waals surface area contributed by atoms with Crippen molar-refractivity contribution in [3.63, 3.8) is 0 Å². The smallest absolute Gasteiger partial charge is 0.211 e. The zero-order chi connectivity index (χ0) is 14.0. The van der Waals surface area contributed by atoms with E-state index < -0.39 is 0 Å². The van der Waals surface area contributed by atoms with Crippen LogP contribution in [0.3, 0.4) is 0 Å². The molecule has 0 N–H and O–H groups in total. The van der Waals surface area contributed by atoms with Crippen molar-refractivity contribution in [2.24, 2.45) is 5.10 Å². The number of hydrazone groups is 1. The van der Waals surface area contributed by atoms with Crippen molar-refractivity contribution in [2.45, 2.75) is 25.8 Å². The first kappa shape index (κ1) is 13.4. The predicted molar refractivity (Wildman–Crippen MR) is 71.1 cm³/mol. The van der Waals surface area contributed by atoms with E-state index in [2.05, 4.69) is 5.10 Å². The minimum Gasteiger partial charge on any atom is -0.857 e. The summed E-state index contributed by atoms with van der Waals surface area (Å²) in [5.41, 5.74) is 0.446. The van der Waals surface area contributed by atoms with Gasteiger partial charge in [0.05, 0.1) is 14.2 Å². The molecule has 0 atom stereocenters. The van der Waals surface area contributed by atoms with Gasteiger partial charge in [-0.05, 0) is 17.2 Å². The highest BCUT2D eigenvalue weighted by molar-refractivity contribution is 5.85. The van der Waals surface area contributed by atoms with Gasteiger partial charge in [0.15, 0.2) is 5.54 Å². The number of hydrogen-bond acceptors (Lipinski definition) is 4. The van der Waals surface area contributed by atoms with E-state index in [4.69, 9.17) is 9.47 Å². The van der Waals surface area contributed by atoms with Gasteiger partial charge >= 0.3 is 0 Å². The van der Waals surface area contributed by atoms with Crippen LogP contribution in [0, 0.1) is 0 Å². The summed E-state index contributed by atoms with van der Waals surface area (Å²) >= 11 is 0. The van der Waals surface area contributed by atoms with Crippen LogP contribution in [0.2, 0.25) is 0 Å². The van der Waals surface area contributed by atoms with Crippen molar-refractivity contribution in [1.82, 2.24) is 0 Å². The van der Waals surface area contributed by atoms with Gasteiger partial charge < -0.3 is 14.6 Å². The number of benzene rings is 1. The van der Waals surface area contributed by atoms with Crippen molar-refractivity contribution >= 4 is 12.1 Å². The molecule has 5 nitrogen and oxygen atoms in total. The Morgan fingerprint density at radius 1 is 1.26 bits per heavy atom. The number of rotatable bonds is 3. The molecule has 1 heterocycles. The Labute approximate surface area is 112 Å². The van der Waals surface area contributed by atoms with Gasteiger partial charge in [-0.2, -0.15) is 0 Å². The maximum atomic E-state index is 11.5. The summed E-state index contributed by atoms with van der Waals surface area (Å²) in [5.74, 6) is 1.25. The molecule has 0 bridgehead atoms. The monoisotopic (exact) mass is 262 g/mol. The molecule has 0 aliphatic carbocycles. The summed E-state index contributed by atoms with van der Waals surface area (Å²) in [5, 5.41) is 15.5. The van der Waals surface area contributed by atoms with E-state index in [9.17, 15) is 5.11 Å². The van der Waals surface area contributed by atoms with Crippen LogP contribution in [-0.2, 0) is 0 Å². The second kappa shape index (κ2) is 4.91. The van der Waals surface area contributed by atoms with Gasteiger partial charge in [-0.3, -0.25) is 0 Å². The quantitative estimate of drug-likeness (QED) is 0.763. The fourth-order valence-electron chi connectivity index (χ4n) is 2.07. The molecule has 0 radical (unpaired) electrons. The molecule has 1 aliphatic rings. The second-order valence-electron chi connectivity index (χ2n) is 5.03. The van der Waals surface area contributed by atoms with E-state index in [1.165, 1.54) is 0 Å². The summed E-state index contributed by atoms with van der Waals surface area (Å²) in [7, 11) is 3.20. The third-order valence-corrected chi connectivity index (χ3v) is 3.14. The lowest BCUT2D eigenvalue weighted by Gasteiger charge is -2.13. The molecule has 102 valence electrons. The largest absolute Gasteiger partial charge is 0.857 e. The van der Waals surface area contributed by atoms with Crippen LogP contribution in [0.25, 0.3) is 0 Å². The average molecular weight is 262 g/mol. The number of hydrogen-bond donors (Lipinski definition) is 0. The fourth-order valence-corrected chi connectivity index (χ4v) is 2.07. The molecule has 1 aromatic rings. The molecule has 0 fully saturated rings. The van der Waals surface area contributed by atoms with Crippen LogP contribution in [0.1, 0.15) is 25.8 Å². The van der Waals surface area contributed by atoms with Crippen LogP contribution in [0.15, 0.2) is 23.3 Å². The van der Waals surface area contributed by atoms with Gasteiger partial charge in [0, 0.05) is 26.2 Å². The van der Waals surface area contributed by atoms with E-state index in [1.807, 2.05) is 32.0 Å². The highest BCUT2D eigenvalue weighted by atomic mass is 16.5. The van der Waals surface area contributed by atoms with Crippen LogP contribution in [0.5, 0.6) is 11.5 Å².